The minimum atomic E-state index is -0.219. The summed E-state index contributed by atoms with van der Waals surface area (Å²) in [5, 5.41) is 6.14. The van der Waals surface area contributed by atoms with E-state index < -0.39 is 0 Å². The van der Waals surface area contributed by atoms with Crippen LogP contribution in [0, 0.1) is 6.92 Å². The van der Waals surface area contributed by atoms with Gasteiger partial charge in [-0.3, -0.25) is 4.79 Å². The molecule has 148 valence electrons. The van der Waals surface area contributed by atoms with E-state index in [1.165, 1.54) is 18.9 Å². The van der Waals surface area contributed by atoms with Crippen LogP contribution >= 0.6 is 0 Å². The Hall–Kier alpha value is -3.61. The maximum Gasteiger partial charge on any atom is 0.248 e. The van der Waals surface area contributed by atoms with E-state index in [2.05, 4.69) is 25.5 Å². The van der Waals surface area contributed by atoms with Crippen molar-refractivity contribution in [3.05, 3.63) is 66.4 Å². The molecule has 0 spiro atoms. The molecule has 2 aromatic heterocycles. The van der Waals surface area contributed by atoms with Crippen LogP contribution in [0.3, 0.4) is 0 Å². The molecular formula is C22H23N5O2. The predicted octanol–water partition coefficient (Wildman–Crippen LogP) is 4.37. The zero-order chi connectivity index (χ0) is 20.1. The number of furan rings is 1. The third-order valence-corrected chi connectivity index (χ3v) is 4.62. The van der Waals surface area contributed by atoms with Crippen LogP contribution in [0.5, 0.6) is 0 Å². The molecule has 4 rings (SSSR count). The number of aryl methyl sites for hydroxylation is 1. The van der Waals surface area contributed by atoms with Crippen LogP contribution in [0.15, 0.2) is 59.2 Å². The van der Waals surface area contributed by atoms with Gasteiger partial charge in [-0.2, -0.15) is 0 Å². The van der Waals surface area contributed by atoms with Gasteiger partial charge in [-0.1, -0.05) is 0 Å². The van der Waals surface area contributed by atoms with Crippen molar-refractivity contribution < 1.29 is 9.21 Å². The van der Waals surface area contributed by atoms with Gasteiger partial charge in [-0.05, 0) is 62.2 Å². The molecular weight excluding hydrogens is 366 g/mol. The molecule has 1 amide bonds. The van der Waals surface area contributed by atoms with Crippen LogP contribution in [0.25, 0.3) is 6.08 Å². The van der Waals surface area contributed by atoms with Gasteiger partial charge >= 0.3 is 0 Å². The molecule has 0 bridgehead atoms. The quantitative estimate of drug-likeness (QED) is 0.609. The molecule has 2 N–H and O–H groups in total. The number of hydrogen-bond acceptors (Lipinski definition) is 6. The Bertz CT molecular complexity index is 991. The molecule has 7 nitrogen and oxygen atoms in total. The summed E-state index contributed by atoms with van der Waals surface area (Å²) in [6.45, 7) is 3.98. The summed E-state index contributed by atoms with van der Waals surface area (Å²) in [6.07, 6.45) is 7.04. The van der Waals surface area contributed by atoms with Gasteiger partial charge < -0.3 is 20.0 Å². The highest BCUT2D eigenvalue weighted by atomic mass is 16.3. The maximum atomic E-state index is 12.0. The molecule has 0 saturated carbocycles. The summed E-state index contributed by atoms with van der Waals surface area (Å²) < 4.78 is 5.17. The van der Waals surface area contributed by atoms with E-state index in [-0.39, 0.29) is 5.91 Å². The van der Waals surface area contributed by atoms with E-state index in [4.69, 9.17) is 4.42 Å². The number of rotatable bonds is 6. The molecule has 0 aliphatic carbocycles. The lowest BCUT2D eigenvalue weighted by Crippen LogP contribution is -2.19. The highest BCUT2D eigenvalue weighted by Crippen LogP contribution is 2.23. The summed E-state index contributed by atoms with van der Waals surface area (Å²) in [4.78, 5) is 23.3. The van der Waals surface area contributed by atoms with Gasteiger partial charge in [0, 0.05) is 36.6 Å². The number of nitrogens with one attached hydrogen (secondary N) is 2. The largest absolute Gasteiger partial charge is 0.465 e. The van der Waals surface area contributed by atoms with Gasteiger partial charge in [0.1, 0.15) is 23.2 Å². The molecule has 0 unspecified atom stereocenters. The lowest BCUT2D eigenvalue weighted by molar-refractivity contribution is -0.111. The first-order valence-electron chi connectivity index (χ1n) is 9.66. The van der Waals surface area contributed by atoms with Crippen molar-refractivity contribution in [3.8, 4) is 0 Å². The summed E-state index contributed by atoms with van der Waals surface area (Å²) in [6, 6.07) is 13.0. The third-order valence-electron chi connectivity index (χ3n) is 4.62. The molecule has 29 heavy (non-hydrogen) atoms. The minimum Gasteiger partial charge on any atom is -0.465 e. The molecule has 3 aromatic rings. The van der Waals surface area contributed by atoms with Crippen molar-refractivity contribution in [2.45, 2.75) is 19.8 Å². The number of amides is 1. The van der Waals surface area contributed by atoms with Crippen LogP contribution in [0.2, 0.25) is 0 Å². The monoisotopic (exact) mass is 389 g/mol. The molecule has 0 radical (unpaired) electrons. The SMILES string of the molecule is Cc1nc(Nc2ccc(NC(=O)/C=C/c3ccco3)cc2)cc(N2CCCC2)n1. The Morgan fingerprint density at radius 2 is 1.86 bits per heavy atom. The fourth-order valence-electron chi connectivity index (χ4n) is 3.24. The lowest BCUT2D eigenvalue weighted by Gasteiger charge is -2.18. The highest BCUT2D eigenvalue weighted by Gasteiger charge is 2.15. The number of nitrogens with zero attached hydrogens (tertiary/aromatic N) is 3. The van der Waals surface area contributed by atoms with E-state index in [0.717, 1.165) is 36.2 Å². The Labute approximate surface area is 169 Å². The Morgan fingerprint density at radius 1 is 1.10 bits per heavy atom. The van der Waals surface area contributed by atoms with Crippen LogP contribution < -0.4 is 15.5 Å². The van der Waals surface area contributed by atoms with E-state index in [9.17, 15) is 4.79 Å². The maximum absolute atomic E-state index is 12.0. The van der Waals surface area contributed by atoms with Crippen LogP contribution in [-0.4, -0.2) is 29.0 Å². The second-order valence-electron chi connectivity index (χ2n) is 6.89. The van der Waals surface area contributed by atoms with Crippen LogP contribution in [0.4, 0.5) is 23.0 Å². The standard InChI is InChI=1S/C22H23N5O2/c1-16-23-20(15-21(24-16)27-12-2-3-13-27)25-17-6-8-18(9-7-17)26-22(28)11-10-19-5-4-14-29-19/h4-11,14-15H,2-3,12-13H2,1H3,(H,26,28)(H,23,24,25)/b11-10+. The second-order valence-corrected chi connectivity index (χ2v) is 6.89. The highest BCUT2D eigenvalue weighted by molar-refractivity contribution is 6.01. The normalized spacial score (nSPS) is 13.8. The van der Waals surface area contributed by atoms with Crippen molar-refractivity contribution >= 4 is 35.0 Å². The third kappa shape index (κ3) is 5.01. The van der Waals surface area contributed by atoms with E-state index in [1.807, 2.05) is 37.3 Å². The second kappa shape index (κ2) is 8.60. The minimum absolute atomic E-state index is 0.219. The lowest BCUT2D eigenvalue weighted by atomic mass is 10.2. The molecule has 3 heterocycles. The molecule has 0 atom stereocenters. The van der Waals surface area contributed by atoms with Crippen molar-refractivity contribution in [2.24, 2.45) is 0 Å². The average Bonchev–Trinajstić information content (AvgIpc) is 3.42. The van der Waals surface area contributed by atoms with E-state index in [0.29, 0.717) is 11.4 Å². The summed E-state index contributed by atoms with van der Waals surface area (Å²) in [5.74, 6) is 2.88. The topological polar surface area (TPSA) is 83.3 Å². The van der Waals surface area contributed by atoms with Crippen LogP contribution in [0.1, 0.15) is 24.4 Å². The number of aromatic nitrogens is 2. The predicted molar refractivity (Wildman–Crippen MR) is 114 cm³/mol. The summed E-state index contributed by atoms with van der Waals surface area (Å²) in [5.41, 5.74) is 1.60. The summed E-state index contributed by atoms with van der Waals surface area (Å²) >= 11 is 0. The summed E-state index contributed by atoms with van der Waals surface area (Å²) in [7, 11) is 0. The zero-order valence-corrected chi connectivity index (χ0v) is 16.3. The molecule has 7 heteroatoms. The molecule has 1 aliphatic heterocycles. The zero-order valence-electron chi connectivity index (χ0n) is 16.3. The molecule has 1 fully saturated rings. The molecule has 1 aromatic carbocycles. The number of carbonyl (C=O) groups is 1. The van der Waals surface area contributed by atoms with Gasteiger partial charge in [0.05, 0.1) is 6.26 Å². The van der Waals surface area contributed by atoms with Gasteiger partial charge in [-0.25, -0.2) is 9.97 Å². The smallest absolute Gasteiger partial charge is 0.248 e. The van der Waals surface area contributed by atoms with E-state index >= 15 is 0 Å². The first-order valence-corrected chi connectivity index (χ1v) is 9.66. The van der Waals surface area contributed by atoms with Crippen LogP contribution in [-0.2, 0) is 4.79 Å². The number of hydrogen-bond donors (Lipinski definition) is 2. The fourth-order valence-corrected chi connectivity index (χ4v) is 3.24. The van der Waals surface area contributed by atoms with Gasteiger partial charge in [0.15, 0.2) is 0 Å². The van der Waals surface area contributed by atoms with Gasteiger partial charge in [0.25, 0.3) is 0 Å². The van der Waals surface area contributed by atoms with Crippen molar-refractivity contribution in [2.75, 3.05) is 28.6 Å². The first-order chi connectivity index (χ1) is 14.2. The molecule has 1 aliphatic rings. The first kappa shape index (κ1) is 18.7. The molecule has 1 saturated heterocycles. The van der Waals surface area contributed by atoms with Crippen molar-refractivity contribution in [1.82, 2.24) is 9.97 Å². The van der Waals surface area contributed by atoms with E-state index in [1.54, 1.807) is 24.5 Å². The Balaban J connectivity index is 1.38. The number of benzene rings is 1. The Morgan fingerprint density at radius 3 is 2.59 bits per heavy atom. The number of carbonyl (C=O) groups excluding carboxylic acids is 1. The van der Waals surface area contributed by atoms with Crippen molar-refractivity contribution in [1.29, 1.82) is 0 Å². The van der Waals surface area contributed by atoms with Crippen molar-refractivity contribution in [3.63, 3.8) is 0 Å². The van der Waals surface area contributed by atoms with Gasteiger partial charge in [-0.15, -0.1) is 0 Å². The number of anilines is 4. The van der Waals surface area contributed by atoms with Gasteiger partial charge in [0.2, 0.25) is 5.91 Å². The average molecular weight is 389 g/mol. The Kier molecular flexibility index (Phi) is 5.56. The fraction of sp³-hybridized carbons (Fsp3) is 0.227.